The molecule has 4 aromatic rings. The van der Waals surface area contributed by atoms with Crippen molar-refractivity contribution >= 4 is 35.0 Å². The number of nitrogens with one attached hydrogen (secondary N) is 1. The van der Waals surface area contributed by atoms with Crippen molar-refractivity contribution in [2.45, 2.75) is 19.0 Å². The molecule has 1 aromatic heterocycles. The highest BCUT2D eigenvalue weighted by atomic mass is 35.5. The van der Waals surface area contributed by atoms with Crippen LogP contribution in [0.4, 0.5) is 5.69 Å². The van der Waals surface area contributed by atoms with Gasteiger partial charge in [-0.2, -0.15) is 0 Å². The molecule has 0 radical (unpaired) electrons. The molecule has 1 amide bonds. The van der Waals surface area contributed by atoms with E-state index < -0.39 is 0 Å². The van der Waals surface area contributed by atoms with Crippen LogP contribution < -0.4 is 10.1 Å². The topological polar surface area (TPSA) is 69.0 Å². The average Bonchev–Trinajstić information content (AvgIpc) is 3.25. The molecule has 0 spiro atoms. The molecular formula is C25H23ClN4O2S. The summed E-state index contributed by atoms with van der Waals surface area (Å²) in [4.78, 5) is 12.6. The highest BCUT2D eigenvalue weighted by Crippen LogP contribution is 2.29. The molecule has 0 fully saturated rings. The number of amides is 1. The van der Waals surface area contributed by atoms with Crippen molar-refractivity contribution in [2.24, 2.45) is 0 Å². The van der Waals surface area contributed by atoms with E-state index in [9.17, 15) is 4.79 Å². The lowest BCUT2D eigenvalue weighted by molar-refractivity contribution is -0.113. The third kappa shape index (κ3) is 5.56. The Labute approximate surface area is 202 Å². The second-order valence-electron chi connectivity index (χ2n) is 7.24. The summed E-state index contributed by atoms with van der Waals surface area (Å²) in [5.41, 5.74) is 3.44. The molecule has 1 N–H and O–H groups in total. The highest BCUT2D eigenvalue weighted by Gasteiger charge is 2.17. The predicted molar refractivity (Wildman–Crippen MR) is 134 cm³/mol. The maximum Gasteiger partial charge on any atom is 0.234 e. The Morgan fingerprint density at radius 2 is 1.82 bits per heavy atom. The second-order valence-corrected chi connectivity index (χ2v) is 8.59. The number of carbonyl (C=O) groups excluding carboxylic acids is 1. The van der Waals surface area contributed by atoms with E-state index >= 15 is 0 Å². The lowest BCUT2D eigenvalue weighted by Crippen LogP contribution is -2.14. The summed E-state index contributed by atoms with van der Waals surface area (Å²) in [7, 11) is 0. The van der Waals surface area contributed by atoms with Gasteiger partial charge in [0.05, 0.1) is 12.4 Å². The molecule has 33 heavy (non-hydrogen) atoms. The molecule has 4 rings (SSSR count). The Hall–Kier alpha value is -3.29. The van der Waals surface area contributed by atoms with Gasteiger partial charge >= 0.3 is 0 Å². The molecule has 0 saturated carbocycles. The van der Waals surface area contributed by atoms with Crippen LogP contribution in [0.2, 0.25) is 5.02 Å². The minimum Gasteiger partial charge on any atom is -0.494 e. The lowest BCUT2D eigenvalue weighted by atomic mass is 10.2. The van der Waals surface area contributed by atoms with Gasteiger partial charge in [-0.05, 0) is 55.8 Å². The maximum atomic E-state index is 12.6. The number of nitrogens with zero attached hydrogens (tertiary/aromatic N) is 3. The zero-order valence-corrected chi connectivity index (χ0v) is 19.9. The van der Waals surface area contributed by atoms with Gasteiger partial charge in [-0.25, -0.2) is 0 Å². The number of hydrogen-bond acceptors (Lipinski definition) is 5. The standard InChI is InChI=1S/C25H23ClN4O2S/c1-3-32-21-13-11-20(12-14-21)30-24(18-7-5-4-6-8-18)28-29-25(30)33-16-23(31)27-19-10-9-17(2)22(26)15-19/h4-15H,3,16H2,1-2H3,(H,27,31). The Morgan fingerprint density at radius 1 is 1.06 bits per heavy atom. The fourth-order valence-corrected chi connectivity index (χ4v) is 4.16. The quantitative estimate of drug-likeness (QED) is 0.313. The molecule has 0 aliphatic heterocycles. The van der Waals surface area contributed by atoms with Crippen molar-refractivity contribution in [1.29, 1.82) is 0 Å². The molecule has 3 aromatic carbocycles. The minimum atomic E-state index is -0.151. The monoisotopic (exact) mass is 478 g/mol. The number of hydrogen-bond donors (Lipinski definition) is 1. The summed E-state index contributed by atoms with van der Waals surface area (Å²) < 4.78 is 7.52. The summed E-state index contributed by atoms with van der Waals surface area (Å²) in [6.45, 7) is 4.47. The van der Waals surface area contributed by atoms with Crippen LogP contribution in [0.3, 0.4) is 0 Å². The van der Waals surface area contributed by atoms with Gasteiger partial charge in [0.25, 0.3) is 0 Å². The average molecular weight is 479 g/mol. The predicted octanol–water partition coefficient (Wildman–Crippen LogP) is 6.03. The molecule has 0 aliphatic carbocycles. The van der Waals surface area contributed by atoms with E-state index in [0.717, 1.165) is 22.6 Å². The van der Waals surface area contributed by atoms with E-state index in [1.54, 1.807) is 6.07 Å². The van der Waals surface area contributed by atoms with Gasteiger partial charge in [-0.15, -0.1) is 10.2 Å². The number of halogens is 1. The second kappa shape index (κ2) is 10.6. The van der Waals surface area contributed by atoms with Crippen LogP contribution in [0.5, 0.6) is 5.75 Å². The summed E-state index contributed by atoms with van der Waals surface area (Å²) in [5.74, 6) is 1.52. The smallest absolute Gasteiger partial charge is 0.234 e. The number of carbonyl (C=O) groups is 1. The number of aryl methyl sites for hydroxylation is 1. The van der Waals surface area contributed by atoms with Gasteiger partial charge in [0.1, 0.15) is 5.75 Å². The van der Waals surface area contributed by atoms with Crippen LogP contribution in [0.15, 0.2) is 78.0 Å². The van der Waals surface area contributed by atoms with Gasteiger partial charge in [0.2, 0.25) is 5.91 Å². The Balaban J connectivity index is 1.57. The molecule has 0 saturated heterocycles. The van der Waals surface area contributed by atoms with Crippen molar-refractivity contribution in [3.05, 3.63) is 83.4 Å². The van der Waals surface area contributed by atoms with Crippen molar-refractivity contribution in [1.82, 2.24) is 14.8 Å². The molecule has 1 heterocycles. The van der Waals surface area contributed by atoms with Crippen LogP contribution in [0.1, 0.15) is 12.5 Å². The third-order valence-electron chi connectivity index (χ3n) is 4.86. The zero-order valence-electron chi connectivity index (χ0n) is 18.3. The van der Waals surface area contributed by atoms with E-state index in [2.05, 4.69) is 15.5 Å². The first kappa shape index (κ1) is 22.9. The van der Waals surface area contributed by atoms with Crippen LogP contribution >= 0.6 is 23.4 Å². The Bertz CT molecular complexity index is 1240. The fourth-order valence-electron chi connectivity index (χ4n) is 3.23. The van der Waals surface area contributed by atoms with Gasteiger partial charge in [0, 0.05) is 22.0 Å². The molecule has 8 heteroatoms. The third-order valence-corrected chi connectivity index (χ3v) is 6.20. The number of aromatic nitrogens is 3. The van der Waals surface area contributed by atoms with Gasteiger partial charge in [-0.3, -0.25) is 9.36 Å². The van der Waals surface area contributed by atoms with Crippen molar-refractivity contribution < 1.29 is 9.53 Å². The first-order chi connectivity index (χ1) is 16.0. The molecule has 168 valence electrons. The summed E-state index contributed by atoms with van der Waals surface area (Å²) in [6.07, 6.45) is 0. The van der Waals surface area contributed by atoms with Gasteiger partial charge < -0.3 is 10.1 Å². The van der Waals surface area contributed by atoms with Gasteiger partial charge in [-0.1, -0.05) is 59.8 Å². The molecule has 0 unspecified atom stereocenters. The normalized spacial score (nSPS) is 10.8. The first-order valence-electron chi connectivity index (χ1n) is 10.5. The number of benzene rings is 3. The lowest BCUT2D eigenvalue weighted by Gasteiger charge is -2.12. The Morgan fingerprint density at radius 3 is 2.52 bits per heavy atom. The van der Waals surface area contributed by atoms with Crippen LogP contribution in [-0.2, 0) is 4.79 Å². The Kier molecular flexibility index (Phi) is 7.32. The largest absolute Gasteiger partial charge is 0.494 e. The summed E-state index contributed by atoms with van der Waals surface area (Å²) in [6, 6.07) is 23.0. The van der Waals surface area contributed by atoms with Crippen LogP contribution in [-0.4, -0.2) is 33.0 Å². The summed E-state index contributed by atoms with van der Waals surface area (Å²) >= 11 is 7.48. The first-order valence-corrected chi connectivity index (χ1v) is 11.8. The minimum absolute atomic E-state index is 0.151. The van der Waals surface area contributed by atoms with E-state index in [1.165, 1.54) is 11.8 Å². The zero-order chi connectivity index (χ0) is 23.2. The number of ether oxygens (including phenoxy) is 1. The van der Waals surface area contributed by atoms with Crippen molar-refractivity contribution in [2.75, 3.05) is 17.7 Å². The fraction of sp³-hybridized carbons (Fsp3) is 0.160. The van der Waals surface area contributed by atoms with Crippen molar-refractivity contribution in [3.63, 3.8) is 0 Å². The van der Waals surface area contributed by atoms with E-state index in [4.69, 9.17) is 16.3 Å². The SMILES string of the molecule is CCOc1ccc(-n2c(SCC(=O)Nc3ccc(C)c(Cl)c3)nnc2-c2ccccc2)cc1. The van der Waals surface area contributed by atoms with Crippen LogP contribution in [0, 0.1) is 6.92 Å². The molecular weight excluding hydrogens is 456 g/mol. The summed E-state index contributed by atoms with van der Waals surface area (Å²) in [5, 5.41) is 12.9. The van der Waals surface area contributed by atoms with E-state index in [-0.39, 0.29) is 11.7 Å². The molecule has 0 aliphatic rings. The molecule has 0 atom stereocenters. The number of rotatable bonds is 8. The maximum absolute atomic E-state index is 12.6. The van der Waals surface area contributed by atoms with Crippen LogP contribution in [0.25, 0.3) is 17.1 Å². The number of thioether (sulfide) groups is 1. The van der Waals surface area contributed by atoms with E-state index in [1.807, 2.05) is 85.1 Å². The van der Waals surface area contributed by atoms with Crippen molar-refractivity contribution in [3.8, 4) is 22.8 Å². The number of anilines is 1. The molecule has 6 nitrogen and oxygen atoms in total. The van der Waals surface area contributed by atoms with E-state index in [0.29, 0.717) is 28.3 Å². The highest BCUT2D eigenvalue weighted by molar-refractivity contribution is 7.99. The van der Waals surface area contributed by atoms with Gasteiger partial charge in [0.15, 0.2) is 11.0 Å². The molecule has 0 bridgehead atoms.